The lowest BCUT2D eigenvalue weighted by Crippen LogP contribution is -2.17. The van der Waals surface area contributed by atoms with E-state index in [-0.39, 0.29) is 12.1 Å². The predicted octanol–water partition coefficient (Wildman–Crippen LogP) is 4.87. The van der Waals surface area contributed by atoms with Crippen LogP contribution in [0.4, 0.5) is 30.2 Å². The van der Waals surface area contributed by atoms with Crippen molar-refractivity contribution in [1.29, 1.82) is 0 Å². The van der Waals surface area contributed by atoms with Gasteiger partial charge < -0.3 is 15.5 Å². The molecule has 140 valence electrons. The Kier molecular flexibility index (Phi) is 6.37. The van der Waals surface area contributed by atoms with Gasteiger partial charge in [-0.05, 0) is 42.5 Å². The highest BCUT2D eigenvalue weighted by Gasteiger charge is 2.33. The molecular formula is C18H19ClF3N3O. The molecule has 0 bridgehead atoms. The van der Waals surface area contributed by atoms with Crippen molar-refractivity contribution in [3.05, 3.63) is 53.1 Å². The first-order valence-corrected chi connectivity index (χ1v) is 8.22. The van der Waals surface area contributed by atoms with Crippen molar-refractivity contribution >= 4 is 34.6 Å². The highest BCUT2D eigenvalue weighted by molar-refractivity contribution is 6.31. The average Bonchev–Trinajstić information content (AvgIpc) is 2.56. The Bertz CT molecular complexity index is 761. The first kappa shape index (κ1) is 19.9. The van der Waals surface area contributed by atoms with Crippen molar-refractivity contribution in [2.45, 2.75) is 12.6 Å². The summed E-state index contributed by atoms with van der Waals surface area (Å²) in [7, 11) is 3.88. The zero-order valence-electron chi connectivity index (χ0n) is 14.3. The van der Waals surface area contributed by atoms with Gasteiger partial charge in [-0.25, -0.2) is 0 Å². The summed E-state index contributed by atoms with van der Waals surface area (Å²) in [5, 5.41) is 5.14. The summed E-state index contributed by atoms with van der Waals surface area (Å²) in [6.07, 6.45) is -4.46. The Morgan fingerprint density at radius 1 is 1.08 bits per heavy atom. The van der Waals surface area contributed by atoms with Crippen LogP contribution in [0.1, 0.15) is 12.0 Å². The smallest absolute Gasteiger partial charge is 0.385 e. The van der Waals surface area contributed by atoms with Gasteiger partial charge in [0.05, 0.1) is 10.6 Å². The number of nitrogens with zero attached hydrogens (tertiary/aromatic N) is 1. The van der Waals surface area contributed by atoms with Crippen LogP contribution in [-0.2, 0) is 11.0 Å². The van der Waals surface area contributed by atoms with Crippen molar-refractivity contribution in [2.75, 3.05) is 36.2 Å². The Morgan fingerprint density at radius 2 is 1.69 bits per heavy atom. The van der Waals surface area contributed by atoms with Crippen LogP contribution in [0.3, 0.4) is 0 Å². The van der Waals surface area contributed by atoms with Gasteiger partial charge in [-0.3, -0.25) is 4.79 Å². The molecule has 2 N–H and O–H groups in total. The third kappa shape index (κ3) is 5.56. The number of anilines is 3. The molecule has 0 aliphatic rings. The number of hydrogen-bond donors (Lipinski definition) is 2. The molecule has 0 radical (unpaired) electrons. The highest BCUT2D eigenvalue weighted by Crippen LogP contribution is 2.36. The number of benzene rings is 2. The summed E-state index contributed by atoms with van der Waals surface area (Å²) >= 11 is 5.55. The molecule has 0 fully saturated rings. The Labute approximate surface area is 154 Å². The molecule has 8 heteroatoms. The quantitative estimate of drug-likeness (QED) is 0.746. The summed E-state index contributed by atoms with van der Waals surface area (Å²) in [6, 6.07) is 10.9. The van der Waals surface area contributed by atoms with Gasteiger partial charge in [0.1, 0.15) is 0 Å². The normalized spacial score (nSPS) is 11.2. The maximum atomic E-state index is 12.8. The Balaban J connectivity index is 1.87. The zero-order valence-corrected chi connectivity index (χ0v) is 15.1. The van der Waals surface area contributed by atoms with E-state index >= 15 is 0 Å². The summed E-state index contributed by atoms with van der Waals surface area (Å²) in [4.78, 5) is 13.9. The van der Waals surface area contributed by atoms with Crippen LogP contribution < -0.4 is 15.5 Å². The van der Waals surface area contributed by atoms with Gasteiger partial charge in [-0.15, -0.1) is 0 Å². The minimum Gasteiger partial charge on any atom is -0.385 e. The van der Waals surface area contributed by atoms with Crippen LogP contribution in [0, 0.1) is 0 Å². The first-order chi connectivity index (χ1) is 12.2. The summed E-state index contributed by atoms with van der Waals surface area (Å²) in [6.45, 7) is 0.354. The minimum atomic E-state index is -4.57. The van der Waals surface area contributed by atoms with Gasteiger partial charge in [0.25, 0.3) is 0 Å². The number of rotatable bonds is 6. The number of carbonyl (C=O) groups is 1. The topological polar surface area (TPSA) is 44.4 Å². The average molecular weight is 386 g/mol. The highest BCUT2D eigenvalue weighted by atomic mass is 35.5. The maximum absolute atomic E-state index is 12.8. The van der Waals surface area contributed by atoms with Gasteiger partial charge in [0.2, 0.25) is 5.91 Å². The van der Waals surface area contributed by atoms with E-state index in [1.54, 1.807) is 0 Å². The second-order valence-corrected chi connectivity index (χ2v) is 6.27. The Hall–Kier alpha value is -2.41. The van der Waals surface area contributed by atoms with Gasteiger partial charge in [0.15, 0.2) is 0 Å². The molecule has 2 aromatic rings. The first-order valence-electron chi connectivity index (χ1n) is 7.84. The van der Waals surface area contributed by atoms with Crippen molar-refractivity contribution in [2.24, 2.45) is 0 Å². The number of nitrogens with one attached hydrogen (secondary N) is 2. The van der Waals surface area contributed by atoms with Crippen molar-refractivity contribution < 1.29 is 18.0 Å². The van der Waals surface area contributed by atoms with Crippen LogP contribution in [0.15, 0.2) is 42.5 Å². The fraction of sp³-hybridized carbons (Fsp3) is 0.278. The second kappa shape index (κ2) is 8.31. The molecule has 1 amide bonds. The number of alkyl halides is 3. The van der Waals surface area contributed by atoms with E-state index in [4.69, 9.17) is 11.6 Å². The lowest BCUT2D eigenvalue weighted by Gasteiger charge is -2.14. The standard InChI is InChI=1S/C18H19ClF3N3O/c1-25(2)14-6-3-12(4-7-14)23-10-9-17(26)24-13-5-8-16(19)15(11-13)18(20,21)22/h3-8,11,23H,9-10H2,1-2H3,(H,24,26). The van der Waals surface area contributed by atoms with E-state index < -0.39 is 22.7 Å². The number of hydrogen-bond acceptors (Lipinski definition) is 3. The minimum absolute atomic E-state index is 0.0575. The van der Waals surface area contributed by atoms with E-state index in [0.29, 0.717) is 6.54 Å². The van der Waals surface area contributed by atoms with Crippen LogP contribution in [0.5, 0.6) is 0 Å². The van der Waals surface area contributed by atoms with Gasteiger partial charge in [-0.1, -0.05) is 11.6 Å². The predicted molar refractivity (Wildman–Crippen MR) is 99.0 cm³/mol. The summed E-state index contributed by atoms with van der Waals surface area (Å²) in [5.41, 5.74) is 0.990. The molecule has 0 spiro atoms. The van der Waals surface area contributed by atoms with E-state index in [9.17, 15) is 18.0 Å². The molecule has 26 heavy (non-hydrogen) atoms. The number of carbonyl (C=O) groups excluding carboxylic acids is 1. The molecule has 0 heterocycles. The van der Waals surface area contributed by atoms with E-state index in [2.05, 4.69) is 10.6 Å². The molecule has 0 aliphatic heterocycles. The molecule has 4 nitrogen and oxygen atoms in total. The van der Waals surface area contributed by atoms with Gasteiger partial charge >= 0.3 is 6.18 Å². The molecular weight excluding hydrogens is 367 g/mol. The van der Waals surface area contributed by atoms with Gasteiger partial charge in [0, 0.05) is 44.1 Å². The van der Waals surface area contributed by atoms with Crippen LogP contribution >= 0.6 is 11.6 Å². The third-order valence-electron chi connectivity index (χ3n) is 3.62. The molecule has 0 aromatic heterocycles. The lowest BCUT2D eigenvalue weighted by atomic mass is 10.2. The number of amides is 1. The van der Waals surface area contributed by atoms with Crippen molar-refractivity contribution in [1.82, 2.24) is 0 Å². The molecule has 2 aromatic carbocycles. The van der Waals surface area contributed by atoms with Crippen molar-refractivity contribution in [3.8, 4) is 0 Å². The Morgan fingerprint density at radius 3 is 2.27 bits per heavy atom. The fourth-order valence-corrected chi connectivity index (χ4v) is 2.47. The van der Waals surface area contributed by atoms with Crippen LogP contribution in [-0.4, -0.2) is 26.5 Å². The van der Waals surface area contributed by atoms with Crippen LogP contribution in [0.25, 0.3) is 0 Å². The van der Waals surface area contributed by atoms with E-state index in [1.165, 1.54) is 6.07 Å². The monoisotopic (exact) mass is 385 g/mol. The summed E-state index contributed by atoms with van der Waals surface area (Å²) in [5.74, 6) is -0.391. The fourth-order valence-electron chi connectivity index (χ4n) is 2.24. The maximum Gasteiger partial charge on any atom is 0.417 e. The second-order valence-electron chi connectivity index (χ2n) is 5.86. The zero-order chi connectivity index (χ0) is 19.3. The molecule has 0 saturated carbocycles. The molecule has 0 aliphatic carbocycles. The molecule has 2 rings (SSSR count). The van der Waals surface area contributed by atoms with E-state index in [1.807, 2.05) is 43.3 Å². The largest absolute Gasteiger partial charge is 0.417 e. The lowest BCUT2D eigenvalue weighted by molar-refractivity contribution is -0.137. The molecule has 0 saturated heterocycles. The van der Waals surface area contributed by atoms with E-state index in [0.717, 1.165) is 23.5 Å². The third-order valence-corrected chi connectivity index (χ3v) is 3.95. The van der Waals surface area contributed by atoms with Gasteiger partial charge in [-0.2, -0.15) is 13.2 Å². The SMILES string of the molecule is CN(C)c1ccc(NCCC(=O)Nc2ccc(Cl)c(C(F)(F)F)c2)cc1. The molecule has 0 unspecified atom stereocenters. The number of halogens is 4. The van der Waals surface area contributed by atoms with Crippen LogP contribution in [0.2, 0.25) is 5.02 Å². The molecule has 0 atom stereocenters. The van der Waals surface area contributed by atoms with Crippen molar-refractivity contribution in [3.63, 3.8) is 0 Å². The summed E-state index contributed by atoms with van der Waals surface area (Å²) < 4.78 is 38.5.